The Morgan fingerprint density at radius 1 is 1.42 bits per heavy atom. The first kappa shape index (κ1) is 13.1. The summed E-state index contributed by atoms with van der Waals surface area (Å²) in [6.45, 7) is -0.514. The van der Waals surface area contributed by atoms with Crippen LogP contribution >= 0.6 is 0 Å². The van der Waals surface area contributed by atoms with E-state index in [1.165, 1.54) is 12.4 Å². The number of sulfonamides is 1. The molecule has 2 saturated heterocycles. The van der Waals surface area contributed by atoms with E-state index >= 15 is 0 Å². The Labute approximate surface area is 107 Å². The van der Waals surface area contributed by atoms with Crippen molar-refractivity contribution >= 4 is 16.2 Å². The van der Waals surface area contributed by atoms with Crippen LogP contribution in [0.5, 0.6) is 0 Å². The largest absolute Gasteiger partial charge is 0.511 e. The van der Waals surface area contributed by atoms with Crippen molar-refractivity contribution < 1.29 is 26.3 Å². The number of rotatable bonds is 1. The minimum Gasteiger partial charge on any atom is -0.360 e. The molecule has 0 unspecified atom stereocenters. The highest BCUT2D eigenvalue weighted by Crippen LogP contribution is 2.45. The third kappa shape index (κ3) is 1.83. The average Bonchev–Trinajstić information content (AvgIpc) is 2.64. The van der Waals surface area contributed by atoms with Crippen molar-refractivity contribution in [2.75, 3.05) is 13.1 Å². The number of aliphatic imine (C=N–C) groups is 1. The molecule has 19 heavy (non-hydrogen) atoms. The zero-order chi connectivity index (χ0) is 13.9. The molecular weight excluding hydrogens is 285 g/mol. The monoisotopic (exact) mass is 296 g/mol. The van der Waals surface area contributed by atoms with E-state index in [1.54, 1.807) is 6.08 Å². The number of nitrogens with zero attached hydrogens (tertiary/aromatic N) is 2. The lowest BCUT2D eigenvalue weighted by Gasteiger charge is -2.24. The molecule has 3 heterocycles. The lowest BCUT2D eigenvalue weighted by atomic mass is 9.91. The van der Waals surface area contributed by atoms with Crippen LogP contribution in [-0.2, 0) is 14.8 Å². The molecular formula is C10H11F3N2O3S. The summed E-state index contributed by atoms with van der Waals surface area (Å²) in [5.41, 5.74) is -6.30. The van der Waals surface area contributed by atoms with Crippen LogP contribution < -0.4 is 0 Å². The summed E-state index contributed by atoms with van der Waals surface area (Å²) in [5.74, 6) is -0.289. The van der Waals surface area contributed by atoms with Crippen molar-refractivity contribution in [1.29, 1.82) is 0 Å². The molecule has 0 amide bonds. The standard InChI is InChI=1S/C10H11F3N2O3S/c11-10(12,13)19(16,17)15-4-7-3-8-1-2-14-5-9(7,6-15)18-8/h1-2,5,7-8H,3-4,6H2/t7-,8+,9+/m0/s1. The highest BCUT2D eigenvalue weighted by Gasteiger charge is 2.60. The predicted octanol–water partition coefficient (Wildman–Crippen LogP) is 0.894. The highest BCUT2D eigenvalue weighted by molar-refractivity contribution is 7.90. The van der Waals surface area contributed by atoms with Gasteiger partial charge in [0.1, 0.15) is 5.60 Å². The number of hydrogen-bond donors (Lipinski definition) is 0. The number of halogens is 3. The van der Waals surface area contributed by atoms with E-state index in [2.05, 4.69) is 4.99 Å². The van der Waals surface area contributed by atoms with Crippen LogP contribution in [0.25, 0.3) is 0 Å². The summed E-state index contributed by atoms with van der Waals surface area (Å²) in [6, 6.07) is 0. The summed E-state index contributed by atoms with van der Waals surface area (Å²) in [5, 5.41) is 0. The fourth-order valence-corrected chi connectivity index (χ4v) is 3.87. The molecule has 5 nitrogen and oxygen atoms in total. The van der Waals surface area contributed by atoms with Crippen molar-refractivity contribution in [2.45, 2.75) is 23.6 Å². The molecule has 2 bridgehead atoms. The predicted molar refractivity (Wildman–Crippen MR) is 59.9 cm³/mol. The van der Waals surface area contributed by atoms with E-state index in [0.29, 0.717) is 10.7 Å². The van der Waals surface area contributed by atoms with Gasteiger partial charge in [0.05, 0.1) is 6.10 Å². The zero-order valence-electron chi connectivity index (χ0n) is 9.67. The Hall–Kier alpha value is -0.930. The molecule has 3 rings (SSSR count). The minimum atomic E-state index is -5.30. The van der Waals surface area contributed by atoms with Gasteiger partial charge in [-0.05, 0) is 12.5 Å². The Morgan fingerprint density at radius 3 is 2.84 bits per heavy atom. The average molecular weight is 296 g/mol. The summed E-state index contributed by atoms with van der Waals surface area (Å²) in [4.78, 5) is 3.93. The molecule has 0 aromatic carbocycles. The van der Waals surface area contributed by atoms with Crippen molar-refractivity contribution in [3.05, 3.63) is 12.3 Å². The van der Waals surface area contributed by atoms with Crippen molar-refractivity contribution in [2.24, 2.45) is 10.9 Å². The van der Waals surface area contributed by atoms with Gasteiger partial charge in [-0.25, -0.2) is 8.42 Å². The Kier molecular flexibility index (Phi) is 2.61. The van der Waals surface area contributed by atoms with E-state index in [0.717, 1.165) is 0 Å². The van der Waals surface area contributed by atoms with Gasteiger partial charge in [-0.15, -0.1) is 0 Å². The van der Waals surface area contributed by atoms with Crippen molar-refractivity contribution in [3.63, 3.8) is 0 Å². The summed E-state index contributed by atoms with van der Waals surface area (Å²) >= 11 is 0. The highest BCUT2D eigenvalue weighted by atomic mass is 32.2. The molecule has 0 radical (unpaired) electrons. The van der Waals surface area contributed by atoms with E-state index in [4.69, 9.17) is 4.74 Å². The molecule has 2 fully saturated rings. The topological polar surface area (TPSA) is 59.0 Å². The van der Waals surface area contributed by atoms with E-state index in [-0.39, 0.29) is 25.1 Å². The molecule has 9 heteroatoms. The van der Waals surface area contributed by atoms with Crippen LogP contribution in [0.2, 0.25) is 0 Å². The van der Waals surface area contributed by atoms with Gasteiger partial charge >= 0.3 is 15.5 Å². The van der Waals surface area contributed by atoms with Gasteiger partial charge in [0.2, 0.25) is 0 Å². The molecule has 0 aromatic rings. The van der Waals surface area contributed by atoms with Gasteiger partial charge in [-0.2, -0.15) is 17.5 Å². The van der Waals surface area contributed by atoms with Crippen LogP contribution in [0, 0.1) is 5.92 Å². The number of ether oxygens (including phenoxy) is 1. The van der Waals surface area contributed by atoms with E-state index in [9.17, 15) is 21.6 Å². The quantitative estimate of drug-likeness (QED) is 0.722. The molecule has 3 aliphatic rings. The van der Waals surface area contributed by atoms with Crippen LogP contribution in [0.15, 0.2) is 17.3 Å². The minimum absolute atomic E-state index is 0.182. The van der Waals surface area contributed by atoms with Crippen LogP contribution in [0.3, 0.4) is 0 Å². The van der Waals surface area contributed by atoms with Crippen molar-refractivity contribution in [3.8, 4) is 0 Å². The van der Waals surface area contributed by atoms with Gasteiger partial charge in [-0.3, -0.25) is 4.99 Å². The van der Waals surface area contributed by atoms with Crippen LogP contribution in [0.1, 0.15) is 6.42 Å². The molecule has 106 valence electrons. The maximum atomic E-state index is 12.5. The Balaban J connectivity index is 1.90. The maximum Gasteiger partial charge on any atom is 0.511 e. The molecule has 0 N–H and O–H groups in total. The fourth-order valence-electron chi connectivity index (χ4n) is 2.83. The fraction of sp³-hybridized carbons (Fsp3) is 0.700. The lowest BCUT2D eigenvalue weighted by Crippen LogP contribution is -2.44. The van der Waals surface area contributed by atoms with Crippen LogP contribution in [-0.4, -0.2) is 49.2 Å². The normalized spacial score (nSPS) is 38.5. The van der Waals surface area contributed by atoms with Gasteiger partial charge in [-0.1, -0.05) is 0 Å². The molecule has 0 aliphatic carbocycles. The lowest BCUT2D eigenvalue weighted by molar-refractivity contribution is -0.0492. The number of fused-ring (bicyclic) bond motifs is 1. The summed E-state index contributed by atoms with van der Waals surface area (Å²) in [6.07, 6.45) is 4.98. The second-order valence-electron chi connectivity index (χ2n) is 4.91. The van der Waals surface area contributed by atoms with Crippen LogP contribution in [0.4, 0.5) is 13.2 Å². The zero-order valence-corrected chi connectivity index (χ0v) is 10.5. The third-order valence-electron chi connectivity index (χ3n) is 3.74. The Bertz CT molecular complexity index is 557. The van der Waals surface area contributed by atoms with Gasteiger partial charge in [0.25, 0.3) is 0 Å². The second-order valence-corrected chi connectivity index (χ2v) is 6.84. The SMILES string of the molecule is O=S(=O)(N1C[C@@H]2C[C@H]3C=CN=C[C@]2(C1)O3)C(F)(F)F. The van der Waals surface area contributed by atoms with Gasteiger partial charge < -0.3 is 4.74 Å². The Morgan fingerprint density at radius 2 is 2.16 bits per heavy atom. The van der Waals surface area contributed by atoms with Gasteiger partial charge in [0, 0.05) is 31.4 Å². The van der Waals surface area contributed by atoms with E-state index in [1.807, 2.05) is 0 Å². The number of hydrogen-bond acceptors (Lipinski definition) is 4. The molecule has 3 atom stereocenters. The smallest absolute Gasteiger partial charge is 0.360 e. The second kappa shape index (κ2) is 3.80. The van der Waals surface area contributed by atoms with Crippen molar-refractivity contribution in [1.82, 2.24) is 4.31 Å². The van der Waals surface area contributed by atoms with Gasteiger partial charge in [0.15, 0.2) is 0 Å². The first-order valence-electron chi connectivity index (χ1n) is 5.70. The third-order valence-corrected chi connectivity index (χ3v) is 5.28. The van der Waals surface area contributed by atoms with E-state index < -0.39 is 21.1 Å². The first-order chi connectivity index (χ1) is 8.75. The molecule has 1 spiro atoms. The maximum absolute atomic E-state index is 12.5. The molecule has 0 saturated carbocycles. The summed E-state index contributed by atoms with van der Waals surface area (Å²) in [7, 11) is -5.30. The molecule has 3 aliphatic heterocycles. The summed E-state index contributed by atoms with van der Waals surface area (Å²) < 4.78 is 66.6. The first-order valence-corrected chi connectivity index (χ1v) is 7.14. The molecule has 0 aromatic heterocycles. The number of alkyl halides is 3.